The van der Waals surface area contributed by atoms with Gasteiger partial charge in [-0.3, -0.25) is 20.4 Å². The zero-order chi connectivity index (χ0) is 13.4. The summed E-state index contributed by atoms with van der Waals surface area (Å²) >= 11 is 1.16. The van der Waals surface area contributed by atoms with E-state index in [2.05, 4.69) is 16.2 Å². The molecule has 0 aliphatic carbocycles. The van der Waals surface area contributed by atoms with Gasteiger partial charge < -0.3 is 10.4 Å². The van der Waals surface area contributed by atoms with Gasteiger partial charge >= 0.3 is 0 Å². The molecular formula is C11H15N3O3S. The summed E-state index contributed by atoms with van der Waals surface area (Å²) in [7, 11) is 0. The Kier molecular flexibility index (Phi) is 6.03. The molecule has 0 saturated heterocycles. The van der Waals surface area contributed by atoms with Crippen molar-refractivity contribution in [2.75, 3.05) is 16.5 Å². The predicted octanol–water partition coefficient (Wildman–Crippen LogP) is 0.769. The normalized spacial score (nSPS) is 11.4. The largest absolute Gasteiger partial charge is 0.383 e. The number of carbonyl (C=O) groups is 2. The third-order valence-corrected chi connectivity index (χ3v) is 2.81. The predicted molar refractivity (Wildman–Crippen MR) is 72.0 cm³/mol. The molecule has 18 heavy (non-hydrogen) atoms. The van der Waals surface area contributed by atoms with Crippen molar-refractivity contribution >= 4 is 35.5 Å². The number of benzene rings is 1. The first-order chi connectivity index (χ1) is 8.61. The summed E-state index contributed by atoms with van der Waals surface area (Å²) in [5, 5.41) is 11.7. The van der Waals surface area contributed by atoms with Crippen LogP contribution in [0.3, 0.4) is 0 Å². The van der Waals surface area contributed by atoms with E-state index in [-0.39, 0.29) is 11.7 Å². The topological polar surface area (TPSA) is 90.5 Å². The van der Waals surface area contributed by atoms with E-state index >= 15 is 0 Å². The van der Waals surface area contributed by atoms with Gasteiger partial charge in [0.1, 0.15) is 0 Å². The smallest absolute Gasteiger partial charge is 0.234 e. The lowest BCUT2D eigenvalue weighted by Crippen LogP contribution is -2.19. The number of hydrazine groups is 1. The quantitative estimate of drug-likeness (QED) is 0.333. The van der Waals surface area contributed by atoms with Crippen LogP contribution in [-0.4, -0.2) is 28.6 Å². The first-order valence-electron chi connectivity index (χ1n) is 5.26. The van der Waals surface area contributed by atoms with Gasteiger partial charge in [0.05, 0.1) is 16.9 Å². The van der Waals surface area contributed by atoms with Gasteiger partial charge in [0.2, 0.25) is 12.3 Å². The lowest BCUT2D eigenvalue weighted by molar-refractivity contribution is -0.114. The summed E-state index contributed by atoms with van der Waals surface area (Å²) in [6.45, 7) is 1.61. The van der Waals surface area contributed by atoms with Gasteiger partial charge in [0.25, 0.3) is 0 Å². The number of thioether (sulfide) groups is 1. The fourth-order valence-corrected chi connectivity index (χ4v) is 1.61. The first-order valence-corrected chi connectivity index (χ1v) is 6.31. The number of nitrogens with one attached hydrogen (secondary N) is 3. The van der Waals surface area contributed by atoms with Crippen molar-refractivity contribution < 1.29 is 14.7 Å². The van der Waals surface area contributed by atoms with Gasteiger partial charge in [-0.1, -0.05) is 0 Å². The molecule has 0 aliphatic rings. The van der Waals surface area contributed by atoms with Crippen LogP contribution in [0.4, 0.5) is 11.4 Å². The van der Waals surface area contributed by atoms with Gasteiger partial charge in [-0.05, 0) is 31.2 Å². The minimum absolute atomic E-state index is 0.173. The molecule has 1 atom stereocenters. The van der Waals surface area contributed by atoms with E-state index in [4.69, 9.17) is 5.11 Å². The zero-order valence-electron chi connectivity index (χ0n) is 9.84. The van der Waals surface area contributed by atoms with E-state index in [1.807, 2.05) is 0 Å². The lowest BCUT2D eigenvalue weighted by atomic mass is 10.3. The second-order valence-electron chi connectivity index (χ2n) is 3.42. The molecule has 0 aliphatic heterocycles. The molecule has 0 aromatic heterocycles. The molecule has 4 N–H and O–H groups in total. The SMILES string of the molecule is CC(O)SCC(=O)Nc1ccc(NNC=O)cc1. The van der Waals surface area contributed by atoms with E-state index in [1.165, 1.54) is 0 Å². The van der Waals surface area contributed by atoms with Crippen LogP contribution in [0.15, 0.2) is 24.3 Å². The Bertz CT molecular complexity index is 395. The van der Waals surface area contributed by atoms with E-state index in [0.717, 1.165) is 11.8 Å². The van der Waals surface area contributed by atoms with Crippen LogP contribution in [0.5, 0.6) is 0 Å². The van der Waals surface area contributed by atoms with Crippen molar-refractivity contribution in [2.45, 2.75) is 12.4 Å². The first kappa shape index (κ1) is 14.3. The van der Waals surface area contributed by atoms with Crippen LogP contribution in [0.2, 0.25) is 0 Å². The second kappa shape index (κ2) is 7.57. The number of aliphatic hydroxyl groups excluding tert-OH is 1. The number of hydrogen-bond donors (Lipinski definition) is 4. The molecule has 0 spiro atoms. The number of rotatable bonds is 7. The molecule has 0 fully saturated rings. The fourth-order valence-electron chi connectivity index (χ4n) is 1.14. The molecule has 0 saturated carbocycles. The van der Waals surface area contributed by atoms with Gasteiger partial charge in [-0.15, -0.1) is 11.8 Å². The number of carbonyl (C=O) groups excluding carboxylic acids is 2. The molecule has 2 amide bonds. The third kappa shape index (κ3) is 5.55. The average molecular weight is 269 g/mol. The van der Waals surface area contributed by atoms with Crippen LogP contribution < -0.4 is 16.2 Å². The monoisotopic (exact) mass is 269 g/mol. The average Bonchev–Trinajstić information content (AvgIpc) is 2.35. The molecule has 1 aromatic carbocycles. The molecular weight excluding hydrogens is 254 g/mol. The zero-order valence-corrected chi connectivity index (χ0v) is 10.7. The van der Waals surface area contributed by atoms with Gasteiger partial charge in [-0.25, -0.2) is 0 Å². The highest BCUT2D eigenvalue weighted by Gasteiger charge is 2.04. The molecule has 7 heteroatoms. The molecule has 0 radical (unpaired) electrons. The Balaban J connectivity index is 2.42. The summed E-state index contributed by atoms with van der Waals surface area (Å²) in [4.78, 5) is 21.5. The lowest BCUT2D eigenvalue weighted by Gasteiger charge is -2.08. The maximum Gasteiger partial charge on any atom is 0.234 e. The maximum absolute atomic E-state index is 11.5. The molecule has 1 rings (SSSR count). The molecule has 0 bridgehead atoms. The van der Waals surface area contributed by atoms with Gasteiger partial charge in [-0.2, -0.15) is 0 Å². The highest BCUT2D eigenvalue weighted by molar-refractivity contribution is 8.00. The van der Waals surface area contributed by atoms with E-state index in [1.54, 1.807) is 31.2 Å². The molecule has 1 aromatic rings. The van der Waals surface area contributed by atoms with Crippen LogP contribution in [0.1, 0.15) is 6.92 Å². The molecule has 0 heterocycles. The van der Waals surface area contributed by atoms with Gasteiger partial charge in [0.15, 0.2) is 0 Å². The fraction of sp³-hybridized carbons (Fsp3) is 0.273. The maximum atomic E-state index is 11.5. The van der Waals surface area contributed by atoms with Gasteiger partial charge in [0, 0.05) is 5.69 Å². The summed E-state index contributed by atoms with van der Waals surface area (Å²) in [6, 6.07) is 6.85. The molecule has 98 valence electrons. The second-order valence-corrected chi connectivity index (χ2v) is 4.73. The number of anilines is 2. The van der Waals surface area contributed by atoms with Crippen LogP contribution in [-0.2, 0) is 9.59 Å². The summed E-state index contributed by atoms with van der Waals surface area (Å²) in [6.07, 6.45) is 0.531. The summed E-state index contributed by atoms with van der Waals surface area (Å²) < 4.78 is 0. The highest BCUT2D eigenvalue weighted by atomic mass is 32.2. The third-order valence-electron chi connectivity index (χ3n) is 1.90. The van der Waals surface area contributed by atoms with Crippen molar-refractivity contribution in [2.24, 2.45) is 0 Å². The van der Waals surface area contributed by atoms with Crippen molar-refractivity contribution in [3.8, 4) is 0 Å². The Labute approximate surface area is 109 Å². The van der Waals surface area contributed by atoms with E-state index in [0.29, 0.717) is 17.8 Å². The molecule has 6 nitrogen and oxygen atoms in total. The number of amides is 2. The minimum Gasteiger partial charge on any atom is -0.383 e. The van der Waals surface area contributed by atoms with Crippen molar-refractivity contribution in [1.82, 2.24) is 5.43 Å². The minimum atomic E-state index is -0.559. The standard InChI is InChI=1S/C11H15N3O3S/c1-8(16)18-6-11(17)13-9-2-4-10(5-3-9)14-12-7-15/h2-5,7-8,14,16H,6H2,1H3,(H,12,15)(H,13,17). The van der Waals surface area contributed by atoms with E-state index < -0.39 is 5.44 Å². The van der Waals surface area contributed by atoms with Crippen molar-refractivity contribution in [3.63, 3.8) is 0 Å². The van der Waals surface area contributed by atoms with Crippen LogP contribution in [0, 0.1) is 0 Å². The van der Waals surface area contributed by atoms with Crippen LogP contribution in [0.25, 0.3) is 0 Å². The van der Waals surface area contributed by atoms with Crippen LogP contribution >= 0.6 is 11.8 Å². The Morgan fingerprint density at radius 1 is 1.39 bits per heavy atom. The van der Waals surface area contributed by atoms with Crippen molar-refractivity contribution in [3.05, 3.63) is 24.3 Å². The Morgan fingerprint density at radius 2 is 2.00 bits per heavy atom. The number of aliphatic hydroxyl groups is 1. The Morgan fingerprint density at radius 3 is 2.56 bits per heavy atom. The van der Waals surface area contributed by atoms with Crippen molar-refractivity contribution in [1.29, 1.82) is 0 Å². The molecule has 1 unspecified atom stereocenters. The highest BCUT2D eigenvalue weighted by Crippen LogP contribution is 2.14. The Hall–Kier alpha value is -1.73. The summed E-state index contributed by atoms with van der Waals surface area (Å²) in [5.74, 6) is 0.0253. The number of hydrogen-bond acceptors (Lipinski definition) is 5. The van der Waals surface area contributed by atoms with E-state index in [9.17, 15) is 9.59 Å². The summed E-state index contributed by atoms with van der Waals surface area (Å²) in [5.41, 5.74) is 5.76.